The molecule has 0 radical (unpaired) electrons. The molecular formula is C26H28N2O8. The minimum absolute atomic E-state index is 0.0666. The third kappa shape index (κ3) is 3.39. The summed E-state index contributed by atoms with van der Waals surface area (Å²) in [6.07, 6.45) is 0.896. The van der Waals surface area contributed by atoms with Crippen LogP contribution in [0.25, 0.3) is 0 Å². The lowest BCUT2D eigenvalue weighted by Gasteiger charge is -2.32. The van der Waals surface area contributed by atoms with Crippen LogP contribution in [0.4, 0.5) is 5.69 Å². The third-order valence-corrected chi connectivity index (χ3v) is 7.24. The van der Waals surface area contributed by atoms with Crippen LogP contribution in [0.15, 0.2) is 36.4 Å². The Morgan fingerprint density at radius 3 is 2.53 bits per heavy atom. The molecule has 190 valence electrons. The first-order chi connectivity index (χ1) is 17.4. The van der Waals surface area contributed by atoms with Gasteiger partial charge in [0.15, 0.2) is 11.5 Å². The molecule has 1 N–H and O–H groups in total. The summed E-state index contributed by atoms with van der Waals surface area (Å²) in [5.74, 6) is -1.26. The Kier molecular flexibility index (Phi) is 5.99. The van der Waals surface area contributed by atoms with E-state index in [1.807, 2.05) is 6.92 Å². The second-order valence-corrected chi connectivity index (χ2v) is 9.00. The molecule has 4 atom stereocenters. The fraction of sp³-hybridized carbons (Fsp3) is 0.423. The smallest absolute Gasteiger partial charge is 0.326 e. The molecule has 2 aromatic rings. The summed E-state index contributed by atoms with van der Waals surface area (Å²) in [5.41, 5.74) is -0.384. The van der Waals surface area contributed by atoms with E-state index in [2.05, 4.69) is 5.32 Å². The first-order valence-corrected chi connectivity index (χ1v) is 11.8. The maximum absolute atomic E-state index is 14.0. The van der Waals surface area contributed by atoms with Crippen LogP contribution in [-0.4, -0.2) is 51.4 Å². The number of ether oxygens (including phenoxy) is 5. The number of amides is 2. The summed E-state index contributed by atoms with van der Waals surface area (Å²) in [6, 6.07) is 9.47. The first kappa shape index (κ1) is 23.9. The van der Waals surface area contributed by atoms with Crippen LogP contribution in [-0.2, 0) is 19.1 Å². The fourth-order valence-electron chi connectivity index (χ4n) is 5.72. The summed E-state index contributed by atoms with van der Waals surface area (Å²) in [7, 11) is 4.35. The molecule has 2 amide bonds. The molecule has 5 rings (SSSR count). The van der Waals surface area contributed by atoms with Crippen molar-refractivity contribution in [3.8, 4) is 23.0 Å². The minimum Gasteiger partial charge on any atom is -0.497 e. The van der Waals surface area contributed by atoms with Crippen molar-refractivity contribution >= 4 is 23.5 Å². The minimum atomic E-state index is -1.39. The lowest BCUT2D eigenvalue weighted by atomic mass is 9.77. The molecule has 3 heterocycles. The highest BCUT2D eigenvalue weighted by Gasteiger charge is 2.68. The van der Waals surface area contributed by atoms with Gasteiger partial charge in [0.25, 0.3) is 0 Å². The van der Waals surface area contributed by atoms with Crippen LogP contribution < -0.4 is 29.2 Å². The number of methoxy groups -OCH3 is 3. The number of rotatable bonds is 7. The van der Waals surface area contributed by atoms with Gasteiger partial charge in [-0.05, 0) is 24.6 Å². The molecule has 0 spiro atoms. The van der Waals surface area contributed by atoms with Crippen LogP contribution >= 0.6 is 0 Å². The second-order valence-electron chi connectivity index (χ2n) is 9.00. The summed E-state index contributed by atoms with van der Waals surface area (Å²) < 4.78 is 26.9. The second kappa shape index (κ2) is 9.02. The average molecular weight is 497 g/mol. The summed E-state index contributed by atoms with van der Waals surface area (Å²) in [6.45, 7) is 1.98. The average Bonchev–Trinajstić information content (AvgIpc) is 3.57. The van der Waals surface area contributed by atoms with E-state index in [1.165, 1.54) is 14.2 Å². The van der Waals surface area contributed by atoms with E-state index in [4.69, 9.17) is 23.7 Å². The monoisotopic (exact) mass is 496 g/mol. The van der Waals surface area contributed by atoms with E-state index in [0.717, 1.165) is 4.90 Å². The van der Waals surface area contributed by atoms with Gasteiger partial charge in [-0.15, -0.1) is 0 Å². The molecule has 0 aromatic heterocycles. The number of nitrogens with zero attached hydrogens (tertiary/aromatic N) is 1. The van der Waals surface area contributed by atoms with Crippen LogP contribution in [0.5, 0.6) is 23.0 Å². The van der Waals surface area contributed by atoms with Gasteiger partial charge in [-0.1, -0.05) is 19.4 Å². The van der Waals surface area contributed by atoms with Crippen molar-refractivity contribution in [2.24, 2.45) is 11.8 Å². The van der Waals surface area contributed by atoms with Crippen molar-refractivity contribution in [2.45, 2.75) is 31.3 Å². The maximum Gasteiger partial charge on any atom is 0.326 e. The Labute approximate surface area is 208 Å². The zero-order chi connectivity index (χ0) is 25.6. The van der Waals surface area contributed by atoms with Crippen molar-refractivity contribution in [1.29, 1.82) is 0 Å². The molecule has 3 aliphatic heterocycles. The SMILES string of the molecule is CCC[C@]1(C(=O)OC)N[C@H](c2ccc(OC)cc2OC)[C@H]2C(=O)N(c3ccc4c(c3)OCO4)C(=O)[C@H]21. The summed E-state index contributed by atoms with van der Waals surface area (Å²) in [5, 5.41) is 3.35. The molecule has 2 saturated heterocycles. The largest absolute Gasteiger partial charge is 0.497 e. The van der Waals surface area contributed by atoms with Crippen molar-refractivity contribution in [3.63, 3.8) is 0 Å². The van der Waals surface area contributed by atoms with E-state index >= 15 is 0 Å². The normalized spacial score (nSPS) is 26.2. The van der Waals surface area contributed by atoms with Gasteiger partial charge in [0.1, 0.15) is 17.0 Å². The highest BCUT2D eigenvalue weighted by Crippen LogP contribution is 2.53. The third-order valence-electron chi connectivity index (χ3n) is 7.24. The van der Waals surface area contributed by atoms with Gasteiger partial charge in [-0.3, -0.25) is 19.7 Å². The Morgan fingerprint density at radius 1 is 1.06 bits per heavy atom. The van der Waals surface area contributed by atoms with E-state index in [9.17, 15) is 14.4 Å². The van der Waals surface area contributed by atoms with E-state index < -0.39 is 41.2 Å². The molecule has 36 heavy (non-hydrogen) atoms. The number of anilines is 1. The Balaban J connectivity index is 1.65. The summed E-state index contributed by atoms with van der Waals surface area (Å²) in [4.78, 5) is 42.4. The van der Waals surface area contributed by atoms with Gasteiger partial charge in [-0.25, -0.2) is 4.90 Å². The van der Waals surface area contributed by atoms with Gasteiger partial charge in [0.05, 0.1) is 38.9 Å². The van der Waals surface area contributed by atoms with Crippen LogP contribution in [0.1, 0.15) is 31.4 Å². The van der Waals surface area contributed by atoms with Crippen LogP contribution in [0, 0.1) is 11.8 Å². The van der Waals surface area contributed by atoms with Crippen molar-refractivity contribution in [1.82, 2.24) is 5.32 Å². The molecule has 0 saturated carbocycles. The number of carbonyl (C=O) groups is 3. The highest BCUT2D eigenvalue weighted by atomic mass is 16.7. The number of fused-ring (bicyclic) bond motifs is 2. The van der Waals surface area contributed by atoms with Crippen LogP contribution in [0.2, 0.25) is 0 Å². The lowest BCUT2D eigenvalue weighted by molar-refractivity contribution is -0.152. The molecule has 0 unspecified atom stereocenters. The maximum atomic E-state index is 14.0. The number of imide groups is 1. The summed E-state index contributed by atoms with van der Waals surface area (Å²) >= 11 is 0. The first-order valence-electron chi connectivity index (χ1n) is 11.8. The van der Waals surface area contributed by atoms with Crippen LogP contribution in [0.3, 0.4) is 0 Å². The number of esters is 1. The number of benzene rings is 2. The predicted molar refractivity (Wildman–Crippen MR) is 127 cm³/mol. The standard InChI is InChI=1S/C26H28N2O8/c1-5-10-26(25(31)34-4)21-20(22(27-26)16-8-7-15(32-2)12-18(16)33-3)23(29)28(24(21)30)14-6-9-17-19(11-14)36-13-35-17/h6-9,11-12,20-22,27H,5,10,13H2,1-4H3/t20-,21-,22+,26-/m0/s1. The number of hydrogen-bond donors (Lipinski definition) is 1. The molecule has 2 aromatic carbocycles. The molecular weight excluding hydrogens is 468 g/mol. The Bertz CT molecular complexity index is 1230. The molecule has 2 fully saturated rings. The fourth-order valence-corrected chi connectivity index (χ4v) is 5.72. The topological polar surface area (TPSA) is 113 Å². The van der Waals surface area contributed by atoms with Gasteiger partial charge < -0.3 is 23.7 Å². The lowest BCUT2D eigenvalue weighted by Crippen LogP contribution is -2.56. The molecule has 3 aliphatic rings. The number of carbonyl (C=O) groups excluding carboxylic acids is 3. The predicted octanol–water partition coefficient (Wildman–Crippen LogP) is 2.59. The Morgan fingerprint density at radius 2 is 1.83 bits per heavy atom. The zero-order valence-electron chi connectivity index (χ0n) is 20.5. The Hall–Kier alpha value is -3.79. The molecule has 0 aliphatic carbocycles. The quantitative estimate of drug-likeness (QED) is 0.457. The van der Waals surface area contributed by atoms with Gasteiger partial charge in [0.2, 0.25) is 18.6 Å². The van der Waals surface area contributed by atoms with E-state index in [-0.39, 0.29) is 6.79 Å². The van der Waals surface area contributed by atoms with E-state index in [0.29, 0.717) is 47.1 Å². The number of nitrogens with one attached hydrogen (secondary N) is 1. The van der Waals surface area contributed by atoms with Crippen molar-refractivity contribution in [3.05, 3.63) is 42.0 Å². The van der Waals surface area contributed by atoms with Crippen molar-refractivity contribution in [2.75, 3.05) is 33.0 Å². The van der Waals surface area contributed by atoms with Gasteiger partial charge >= 0.3 is 5.97 Å². The molecule has 10 heteroatoms. The molecule has 10 nitrogen and oxygen atoms in total. The van der Waals surface area contributed by atoms with Gasteiger partial charge in [-0.2, -0.15) is 0 Å². The molecule has 0 bridgehead atoms. The highest BCUT2D eigenvalue weighted by molar-refractivity contribution is 6.24. The van der Waals surface area contributed by atoms with Crippen molar-refractivity contribution < 1.29 is 38.1 Å². The van der Waals surface area contributed by atoms with E-state index in [1.54, 1.807) is 43.5 Å². The zero-order valence-corrected chi connectivity index (χ0v) is 20.5. The van der Waals surface area contributed by atoms with Gasteiger partial charge in [0, 0.05) is 23.7 Å². The number of hydrogen-bond acceptors (Lipinski definition) is 9.